The van der Waals surface area contributed by atoms with Gasteiger partial charge in [-0.15, -0.1) is 0 Å². The van der Waals surface area contributed by atoms with Crippen molar-refractivity contribution < 1.29 is 19.4 Å². The molecule has 10 heteroatoms. The predicted molar refractivity (Wildman–Crippen MR) is 101 cm³/mol. The van der Waals surface area contributed by atoms with Crippen LogP contribution in [0.25, 0.3) is 0 Å². The van der Waals surface area contributed by atoms with E-state index in [0.717, 1.165) is 36.9 Å². The van der Waals surface area contributed by atoms with Gasteiger partial charge in [-0.1, -0.05) is 0 Å². The molecule has 0 saturated carbocycles. The molecule has 3 N–H and O–H groups in total. The number of fused-ring (bicyclic) bond motifs is 1. The lowest BCUT2D eigenvalue weighted by atomic mass is 9.95. The number of carbonyl (C=O) groups is 2. The minimum absolute atomic E-state index is 0.0101. The molecule has 1 aliphatic carbocycles. The lowest BCUT2D eigenvalue weighted by Crippen LogP contribution is -2.53. The number of aromatic nitrogens is 4. The Bertz CT molecular complexity index is 886. The van der Waals surface area contributed by atoms with Crippen LogP contribution in [0.1, 0.15) is 45.1 Å². The third-order valence-electron chi connectivity index (χ3n) is 5.28. The molecule has 1 aliphatic heterocycles. The molecular weight excluding hydrogens is 376 g/mol. The summed E-state index contributed by atoms with van der Waals surface area (Å²) in [5, 5.41) is 20.9. The Morgan fingerprint density at radius 1 is 1.31 bits per heavy atom. The van der Waals surface area contributed by atoms with Crippen LogP contribution >= 0.6 is 0 Å². The number of nitrogens with zero attached hydrogens (tertiary/aromatic N) is 4. The number of hydrogen-bond donors (Lipinski definition) is 3. The zero-order valence-electron chi connectivity index (χ0n) is 16.1. The van der Waals surface area contributed by atoms with Crippen molar-refractivity contribution in [1.29, 1.82) is 0 Å². The van der Waals surface area contributed by atoms with Crippen LogP contribution in [-0.4, -0.2) is 80.4 Å². The molecule has 0 spiro atoms. The van der Waals surface area contributed by atoms with Crippen LogP contribution in [0.2, 0.25) is 0 Å². The van der Waals surface area contributed by atoms with Crippen LogP contribution in [0.5, 0.6) is 0 Å². The van der Waals surface area contributed by atoms with Crippen molar-refractivity contribution in [3.63, 3.8) is 0 Å². The van der Waals surface area contributed by atoms with E-state index in [2.05, 4.69) is 25.5 Å². The Morgan fingerprint density at radius 3 is 3.00 bits per heavy atom. The van der Waals surface area contributed by atoms with E-state index in [0.29, 0.717) is 18.8 Å². The van der Waals surface area contributed by atoms with Crippen LogP contribution in [0.15, 0.2) is 18.6 Å². The summed E-state index contributed by atoms with van der Waals surface area (Å²) in [4.78, 5) is 34.7. The Morgan fingerprint density at radius 2 is 2.17 bits per heavy atom. The van der Waals surface area contributed by atoms with E-state index in [1.807, 2.05) is 0 Å². The van der Waals surface area contributed by atoms with Crippen molar-refractivity contribution in [3.8, 4) is 0 Å². The van der Waals surface area contributed by atoms with Gasteiger partial charge in [0.25, 0.3) is 11.8 Å². The number of aliphatic hydroxyl groups is 1. The molecule has 2 aliphatic rings. The summed E-state index contributed by atoms with van der Waals surface area (Å²) < 4.78 is 5.51. The molecule has 2 amide bonds. The van der Waals surface area contributed by atoms with Crippen molar-refractivity contribution in [2.24, 2.45) is 0 Å². The number of aromatic amines is 1. The number of H-pyrrole nitrogens is 1. The number of β-amino-alcohol motifs (C(OH)–C–C–N with tert-alkyl or cyclic N) is 1. The lowest BCUT2D eigenvalue weighted by Gasteiger charge is -2.30. The average Bonchev–Trinajstić information content (AvgIpc) is 3.08. The van der Waals surface area contributed by atoms with E-state index >= 15 is 0 Å². The van der Waals surface area contributed by atoms with Gasteiger partial charge in [-0.05, 0) is 25.7 Å². The smallest absolute Gasteiger partial charge is 0.274 e. The highest BCUT2D eigenvalue weighted by atomic mass is 16.5. The molecule has 3 heterocycles. The molecule has 0 aromatic carbocycles. The second kappa shape index (κ2) is 8.26. The topological polar surface area (TPSA) is 133 Å². The van der Waals surface area contributed by atoms with Gasteiger partial charge in [-0.25, -0.2) is 4.98 Å². The zero-order chi connectivity index (χ0) is 20.3. The monoisotopic (exact) mass is 400 g/mol. The summed E-state index contributed by atoms with van der Waals surface area (Å²) in [6.07, 6.45) is 8.09. The number of hydrogen-bond acceptors (Lipinski definition) is 7. The summed E-state index contributed by atoms with van der Waals surface area (Å²) in [5.41, 5.74) is 1.16. The van der Waals surface area contributed by atoms with Gasteiger partial charge in [-0.3, -0.25) is 19.7 Å². The normalized spacial score (nSPS) is 21.9. The third kappa shape index (κ3) is 4.28. The highest BCUT2D eigenvalue weighted by molar-refractivity contribution is 5.94. The summed E-state index contributed by atoms with van der Waals surface area (Å²) in [6, 6.07) is 0. The molecule has 4 rings (SSSR count). The highest BCUT2D eigenvalue weighted by Gasteiger charge is 2.36. The molecule has 1 unspecified atom stereocenters. The first kappa shape index (κ1) is 19.5. The molecule has 2 aromatic heterocycles. The van der Waals surface area contributed by atoms with Crippen LogP contribution in [0.3, 0.4) is 0 Å². The van der Waals surface area contributed by atoms with E-state index in [1.54, 1.807) is 4.90 Å². The van der Waals surface area contributed by atoms with E-state index < -0.39 is 11.5 Å². The number of rotatable bonds is 4. The van der Waals surface area contributed by atoms with Crippen molar-refractivity contribution >= 4 is 11.8 Å². The Labute approximate surface area is 167 Å². The van der Waals surface area contributed by atoms with Crippen LogP contribution in [0, 0.1) is 0 Å². The molecule has 2 aromatic rings. The summed E-state index contributed by atoms with van der Waals surface area (Å²) in [6.45, 7) is 0.620. The van der Waals surface area contributed by atoms with Crippen molar-refractivity contribution in [3.05, 3.63) is 41.2 Å². The van der Waals surface area contributed by atoms with E-state index in [9.17, 15) is 14.7 Å². The van der Waals surface area contributed by atoms with Gasteiger partial charge in [-0.2, -0.15) is 5.10 Å². The number of carbonyl (C=O) groups excluding carboxylic acids is 2. The summed E-state index contributed by atoms with van der Waals surface area (Å²) in [7, 11) is 0. The predicted octanol–water partition coefficient (Wildman–Crippen LogP) is -0.288. The SMILES string of the molecule is O=C(NCC1(O)COCCN(C(=O)c2n[nH]c3c2CCCC3)C1)c1cnccn1. The lowest BCUT2D eigenvalue weighted by molar-refractivity contribution is -0.0324. The van der Waals surface area contributed by atoms with Gasteiger partial charge in [0.15, 0.2) is 5.69 Å². The van der Waals surface area contributed by atoms with Gasteiger partial charge in [0.05, 0.1) is 32.5 Å². The maximum absolute atomic E-state index is 13.1. The second-order valence-corrected chi connectivity index (χ2v) is 7.51. The van der Waals surface area contributed by atoms with Gasteiger partial charge >= 0.3 is 0 Å². The molecule has 0 radical (unpaired) electrons. The molecular formula is C19H24N6O4. The first-order chi connectivity index (χ1) is 14.1. The maximum atomic E-state index is 13.1. The van der Waals surface area contributed by atoms with Gasteiger partial charge in [0.1, 0.15) is 11.3 Å². The molecule has 154 valence electrons. The quantitative estimate of drug-likeness (QED) is 0.642. The van der Waals surface area contributed by atoms with Gasteiger partial charge < -0.3 is 20.1 Å². The first-order valence-electron chi connectivity index (χ1n) is 9.75. The summed E-state index contributed by atoms with van der Waals surface area (Å²) in [5.74, 6) is -0.677. The Balaban J connectivity index is 1.44. The highest BCUT2D eigenvalue weighted by Crippen LogP contribution is 2.24. The molecule has 0 bridgehead atoms. The summed E-state index contributed by atoms with van der Waals surface area (Å²) >= 11 is 0. The van der Waals surface area contributed by atoms with E-state index in [4.69, 9.17) is 4.74 Å². The van der Waals surface area contributed by atoms with Crippen LogP contribution < -0.4 is 5.32 Å². The van der Waals surface area contributed by atoms with E-state index in [-0.39, 0.29) is 31.3 Å². The van der Waals surface area contributed by atoms with Crippen LogP contribution in [0.4, 0.5) is 0 Å². The van der Waals surface area contributed by atoms with Gasteiger partial charge in [0, 0.05) is 30.2 Å². The number of nitrogens with one attached hydrogen (secondary N) is 2. The fourth-order valence-electron chi connectivity index (χ4n) is 3.76. The zero-order valence-corrected chi connectivity index (χ0v) is 16.1. The number of amides is 2. The van der Waals surface area contributed by atoms with E-state index in [1.165, 1.54) is 18.6 Å². The minimum Gasteiger partial charge on any atom is -0.384 e. The van der Waals surface area contributed by atoms with Gasteiger partial charge in [0.2, 0.25) is 0 Å². The van der Waals surface area contributed by atoms with Crippen LogP contribution in [-0.2, 0) is 17.6 Å². The maximum Gasteiger partial charge on any atom is 0.274 e. The largest absolute Gasteiger partial charge is 0.384 e. The molecule has 10 nitrogen and oxygen atoms in total. The molecule has 1 fully saturated rings. The van der Waals surface area contributed by atoms with Crippen molar-refractivity contribution in [2.45, 2.75) is 31.3 Å². The standard InChI is InChI=1S/C19H24N6O4/c26-17(15-9-20-5-6-21-15)22-10-19(28)11-25(7-8-29-12-19)18(27)16-13-3-1-2-4-14(13)23-24-16/h5-6,9,28H,1-4,7-8,10-12H2,(H,22,26)(H,23,24). The number of aryl methyl sites for hydroxylation is 1. The first-order valence-corrected chi connectivity index (χ1v) is 9.75. The minimum atomic E-state index is -1.42. The third-order valence-corrected chi connectivity index (χ3v) is 5.28. The van der Waals surface area contributed by atoms with Crippen molar-refractivity contribution in [2.75, 3.05) is 32.8 Å². The molecule has 29 heavy (non-hydrogen) atoms. The molecule has 1 saturated heterocycles. The Kier molecular flexibility index (Phi) is 5.54. The average molecular weight is 400 g/mol. The molecule has 1 atom stereocenters. The number of ether oxygens (including phenoxy) is 1. The fourth-order valence-corrected chi connectivity index (χ4v) is 3.76. The fraction of sp³-hybridized carbons (Fsp3) is 0.526. The van der Waals surface area contributed by atoms with Crippen molar-refractivity contribution in [1.82, 2.24) is 30.4 Å². The second-order valence-electron chi connectivity index (χ2n) is 7.51. The Hall–Kier alpha value is -2.85.